The second-order valence-electron chi connectivity index (χ2n) is 11.2. The van der Waals surface area contributed by atoms with Crippen LogP contribution in [0.2, 0.25) is 0 Å². The number of benzene rings is 2. The number of unbranched alkanes of at least 4 members (excludes halogenated alkanes) is 1. The highest BCUT2D eigenvalue weighted by atomic mass is 32.1. The topological polar surface area (TPSA) is 161 Å². The van der Waals surface area contributed by atoms with E-state index in [4.69, 9.17) is 10.2 Å². The summed E-state index contributed by atoms with van der Waals surface area (Å²) >= 11 is 1.39. The number of aromatic nitrogens is 2. The summed E-state index contributed by atoms with van der Waals surface area (Å²) in [5.74, 6) is -0.992. The first kappa shape index (κ1) is 29.6. The number of amides is 4. The standard InChI is InChI=1S/C30H36N8O5S/c1-3-5-11-32-29(41)36(12-4-2)37-17-25(39)38-21(13-18-9-10-20-22(14-18)43-30(42)33-20)27(40)35(16-24(37)38)15-19-7-6-8-23-26(19)34-28(31)44-23/h6-10,14,21,24H,3-5,11-13,15-17H2,1-2H3,(H2,31,34)(H,32,41)(H,33,42)/t21-,24+/m0/s1. The van der Waals surface area contributed by atoms with Crippen molar-refractivity contribution in [3.63, 3.8) is 0 Å². The van der Waals surface area contributed by atoms with Gasteiger partial charge in [0.15, 0.2) is 10.7 Å². The van der Waals surface area contributed by atoms with E-state index in [0.29, 0.717) is 35.7 Å². The molecule has 2 saturated heterocycles. The monoisotopic (exact) mass is 620 g/mol. The van der Waals surface area contributed by atoms with Crippen molar-refractivity contribution in [1.29, 1.82) is 0 Å². The Kier molecular flexibility index (Phi) is 8.27. The summed E-state index contributed by atoms with van der Waals surface area (Å²) in [7, 11) is 0. The Morgan fingerprint density at radius 1 is 1.20 bits per heavy atom. The number of anilines is 1. The van der Waals surface area contributed by atoms with Gasteiger partial charge >= 0.3 is 11.8 Å². The summed E-state index contributed by atoms with van der Waals surface area (Å²) < 4.78 is 6.18. The predicted molar refractivity (Wildman–Crippen MR) is 166 cm³/mol. The molecule has 4 N–H and O–H groups in total. The van der Waals surface area contributed by atoms with Crippen LogP contribution in [0.4, 0.5) is 9.93 Å². The molecule has 13 nitrogen and oxygen atoms in total. The van der Waals surface area contributed by atoms with Gasteiger partial charge < -0.3 is 25.3 Å². The molecule has 232 valence electrons. The zero-order valence-corrected chi connectivity index (χ0v) is 25.6. The van der Waals surface area contributed by atoms with Crippen molar-refractivity contribution < 1.29 is 18.8 Å². The first-order valence-electron chi connectivity index (χ1n) is 14.9. The Hall–Kier alpha value is -4.43. The van der Waals surface area contributed by atoms with Crippen LogP contribution in [0.3, 0.4) is 0 Å². The molecule has 0 aliphatic carbocycles. The number of carbonyl (C=O) groups excluding carboxylic acids is 3. The molecule has 4 amide bonds. The Labute approximate surface area is 257 Å². The number of hydrazine groups is 1. The molecule has 0 spiro atoms. The van der Waals surface area contributed by atoms with Crippen molar-refractivity contribution >= 4 is 55.6 Å². The summed E-state index contributed by atoms with van der Waals surface area (Å²) in [6.45, 7) is 5.47. The third kappa shape index (κ3) is 5.62. The summed E-state index contributed by atoms with van der Waals surface area (Å²) in [6.07, 6.45) is 2.14. The van der Waals surface area contributed by atoms with Crippen molar-refractivity contribution in [1.82, 2.24) is 35.1 Å². The maximum atomic E-state index is 14.2. The molecule has 2 aliphatic rings. The Morgan fingerprint density at radius 3 is 2.84 bits per heavy atom. The van der Waals surface area contributed by atoms with Crippen LogP contribution in [0.1, 0.15) is 44.2 Å². The van der Waals surface area contributed by atoms with E-state index in [0.717, 1.165) is 34.2 Å². The number of rotatable bonds is 10. The molecule has 0 bridgehead atoms. The minimum atomic E-state index is -0.833. The third-order valence-electron chi connectivity index (χ3n) is 8.15. The maximum absolute atomic E-state index is 14.2. The molecule has 6 rings (SSSR count). The average Bonchev–Trinajstić information content (AvgIpc) is 3.66. The highest BCUT2D eigenvalue weighted by Gasteiger charge is 2.52. The van der Waals surface area contributed by atoms with Gasteiger partial charge in [-0.25, -0.2) is 14.6 Å². The number of nitrogen functional groups attached to an aromatic ring is 1. The highest BCUT2D eigenvalue weighted by Crippen LogP contribution is 2.32. The van der Waals surface area contributed by atoms with Crippen molar-refractivity contribution in [2.75, 3.05) is 31.9 Å². The van der Waals surface area contributed by atoms with E-state index in [1.165, 1.54) is 11.3 Å². The smallest absolute Gasteiger partial charge is 0.408 e. The van der Waals surface area contributed by atoms with Crippen molar-refractivity contribution in [2.45, 2.75) is 58.3 Å². The number of nitrogens with one attached hydrogen (secondary N) is 2. The number of hydrogen-bond donors (Lipinski definition) is 3. The molecule has 2 aromatic heterocycles. The van der Waals surface area contributed by atoms with Crippen molar-refractivity contribution in [2.24, 2.45) is 0 Å². The molecular formula is C30H36N8O5S. The largest absolute Gasteiger partial charge is 0.417 e. The number of nitrogens with two attached hydrogens (primary N) is 1. The minimum absolute atomic E-state index is 0.0204. The Bertz CT molecular complexity index is 1760. The fraction of sp³-hybridized carbons (Fsp3) is 0.433. The second-order valence-corrected chi connectivity index (χ2v) is 12.2. The zero-order chi connectivity index (χ0) is 31.0. The lowest BCUT2D eigenvalue weighted by Gasteiger charge is -2.46. The van der Waals surface area contributed by atoms with E-state index in [1.807, 2.05) is 31.2 Å². The molecule has 2 atom stereocenters. The van der Waals surface area contributed by atoms with Gasteiger partial charge in [-0.05, 0) is 42.2 Å². The number of aromatic amines is 1. The van der Waals surface area contributed by atoms with E-state index in [9.17, 15) is 19.2 Å². The van der Waals surface area contributed by atoms with Crippen LogP contribution < -0.4 is 16.8 Å². The molecular weight excluding hydrogens is 584 g/mol. The van der Waals surface area contributed by atoms with E-state index >= 15 is 0 Å². The minimum Gasteiger partial charge on any atom is -0.408 e. The van der Waals surface area contributed by atoms with Gasteiger partial charge in [-0.1, -0.05) is 49.8 Å². The number of carbonyl (C=O) groups is 3. The predicted octanol–water partition coefficient (Wildman–Crippen LogP) is 2.87. The molecule has 14 heteroatoms. The number of urea groups is 1. The molecule has 4 aromatic rings. The molecule has 44 heavy (non-hydrogen) atoms. The summed E-state index contributed by atoms with van der Waals surface area (Å²) in [5, 5.41) is 6.85. The quantitative estimate of drug-likeness (QED) is 0.228. The van der Waals surface area contributed by atoms with E-state index in [-0.39, 0.29) is 43.9 Å². The lowest BCUT2D eigenvalue weighted by Crippen LogP contribution is -2.66. The van der Waals surface area contributed by atoms with Crippen LogP contribution in [0.5, 0.6) is 0 Å². The fourth-order valence-electron chi connectivity index (χ4n) is 6.11. The molecule has 2 aliphatic heterocycles. The molecule has 0 saturated carbocycles. The van der Waals surface area contributed by atoms with Crippen LogP contribution >= 0.6 is 11.3 Å². The molecule has 0 unspecified atom stereocenters. The lowest BCUT2D eigenvalue weighted by atomic mass is 9.99. The van der Waals surface area contributed by atoms with Gasteiger partial charge in [0.25, 0.3) is 0 Å². The van der Waals surface area contributed by atoms with Crippen LogP contribution in [0, 0.1) is 0 Å². The zero-order valence-electron chi connectivity index (χ0n) is 24.7. The number of hydrogen-bond acceptors (Lipinski definition) is 9. The van der Waals surface area contributed by atoms with Gasteiger partial charge in [0.1, 0.15) is 12.2 Å². The number of thiazole rings is 1. The van der Waals surface area contributed by atoms with E-state index in [2.05, 4.69) is 22.2 Å². The van der Waals surface area contributed by atoms with Gasteiger partial charge in [0, 0.05) is 26.1 Å². The first-order chi connectivity index (χ1) is 21.3. The van der Waals surface area contributed by atoms with Crippen molar-refractivity contribution in [3.05, 3.63) is 58.1 Å². The van der Waals surface area contributed by atoms with Crippen LogP contribution in [-0.2, 0) is 22.6 Å². The normalized spacial score (nSPS) is 18.9. The van der Waals surface area contributed by atoms with Crippen LogP contribution in [0.15, 0.2) is 45.6 Å². The molecule has 4 heterocycles. The van der Waals surface area contributed by atoms with Gasteiger partial charge in [-0.2, -0.15) is 5.01 Å². The summed E-state index contributed by atoms with van der Waals surface area (Å²) in [6, 6.07) is 9.97. The summed E-state index contributed by atoms with van der Waals surface area (Å²) in [5.41, 5.74) is 9.28. The van der Waals surface area contributed by atoms with Gasteiger partial charge in [0.2, 0.25) is 11.8 Å². The molecule has 2 aromatic carbocycles. The van der Waals surface area contributed by atoms with Crippen LogP contribution in [-0.4, -0.2) is 86.0 Å². The Balaban J connectivity index is 1.35. The van der Waals surface area contributed by atoms with Crippen LogP contribution in [0.25, 0.3) is 21.3 Å². The highest BCUT2D eigenvalue weighted by molar-refractivity contribution is 7.22. The maximum Gasteiger partial charge on any atom is 0.417 e. The summed E-state index contributed by atoms with van der Waals surface area (Å²) in [4.78, 5) is 63.5. The van der Waals surface area contributed by atoms with Gasteiger partial charge in [-0.3, -0.25) is 19.6 Å². The van der Waals surface area contributed by atoms with Gasteiger partial charge in [-0.15, -0.1) is 0 Å². The second kappa shape index (κ2) is 12.3. The van der Waals surface area contributed by atoms with E-state index in [1.54, 1.807) is 32.0 Å². The molecule has 0 radical (unpaired) electrons. The number of piperazine rings is 1. The SMILES string of the molecule is CCCCNC(=O)N(CCC)N1CC(=O)N2[C@@H](Cc3ccc4[nH]c(=O)oc4c3)C(=O)N(Cc3cccc4sc(N)nc34)C[C@@H]21. The number of para-hydroxylation sites is 1. The van der Waals surface area contributed by atoms with E-state index < -0.39 is 18.0 Å². The number of nitrogens with zero attached hydrogens (tertiary/aromatic N) is 5. The number of H-pyrrole nitrogens is 1. The van der Waals surface area contributed by atoms with Gasteiger partial charge in [0.05, 0.1) is 28.8 Å². The Morgan fingerprint density at radius 2 is 2.05 bits per heavy atom. The first-order valence-corrected chi connectivity index (χ1v) is 15.8. The fourth-order valence-corrected chi connectivity index (χ4v) is 6.89. The number of fused-ring (bicyclic) bond motifs is 3. The van der Waals surface area contributed by atoms with Crippen molar-refractivity contribution in [3.8, 4) is 0 Å². The molecule has 2 fully saturated rings. The lowest BCUT2D eigenvalue weighted by molar-refractivity contribution is -0.157. The third-order valence-corrected chi connectivity index (χ3v) is 9.00. The average molecular weight is 621 g/mol. The number of oxazole rings is 1.